The molecule has 0 saturated heterocycles. The second-order valence-electron chi connectivity index (χ2n) is 15.3. The number of aliphatic imine (C=N–C) groups is 1. The van der Waals surface area contributed by atoms with Gasteiger partial charge in [-0.05, 0) is 137 Å². The summed E-state index contributed by atoms with van der Waals surface area (Å²) in [6.45, 7) is 11.8. The molecule has 1 amide bonds. The molecule has 3 N–H and O–H groups in total. The molecule has 0 radical (unpaired) electrons. The van der Waals surface area contributed by atoms with Gasteiger partial charge < -0.3 is 25.2 Å². The molecule has 11 nitrogen and oxygen atoms in total. The van der Waals surface area contributed by atoms with Gasteiger partial charge in [-0.25, -0.2) is 0 Å². The SMILES string of the molecule is CCN(CCCCNC(=O)C[C@@H]1N=C(c2ccc(Cl)cc2)c2c(sc(C)c2C)-n2c(C)nnc21)CCOc1ccc(C(=O)c2c(-c3ccc(O)cc3)sc3cc(O)ccc23)cc1. The Bertz CT molecular complexity index is 2780. The lowest BCUT2D eigenvalue weighted by Gasteiger charge is -2.20. The molecule has 0 bridgehead atoms. The van der Waals surface area contributed by atoms with Crippen LogP contribution in [0.5, 0.6) is 17.2 Å². The van der Waals surface area contributed by atoms with E-state index in [1.165, 1.54) is 16.2 Å². The zero-order chi connectivity index (χ0) is 43.5. The largest absolute Gasteiger partial charge is 0.508 e. The van der Waals surface area contributed by atoms with Crippen LogP contribution < -0.4 is 10.1 Å². The minimum absolute atomic E-state index is 0.0882. The molecule has 0 fully saturated rings. The number of hydrogen-bond acceptors (Lipinski definition) is 11. The molecule has 0 unspecified atom stereocenters. The van der Waals surface area contributed by atoms with Crippen LogP contribution in [0.1, 0.15) is 81.4 Å². The molecule has 318 valence electrons. The van der Waals surface area contributed by atoms with Crippen molar-refractivity contribution in [2.75, 3.05) is 32.8 Å². The summed E-state index contributed by atoms with van der Waals surface area (Å²) < 4.78 is 8.96. The Morgan fingerprint density at radius 3 is 2.34 bits per heavy atom. The zero-order valence-corrected chi connectivity index (χ0v) is 37.3. The monoisotopic (exact) mass is 886 g/mol. The number of fused-ring (bicyclic) bond motifs is 4. The Balaban J connectivity index is 0.831. The first kappa shape index (κ1) is 42.8. The minimum atomic E-state index is -0.518. The number of nitrogens with zero attached hydrogens (tertiary/aromatic N) is 5. The second kappa shape index (κ2) is 18.6. The van der Waals surface area contributed by atoms with Gasteiger partial charge in [0.15, 0.2) is 11.6 Å². The van der Waals surface area contributed by atoms with E-state index in [-0.39, 0.29) is 29.6 Å². The van der Waals surface area contributed by atoms with E-state index in [1.807, 2.05) is 43.3 Å². The van der Waals surface area contributed by atoms with Crippen molar-refractivity contribution in [3.8, 4) is 32.7 Å². The van der Waals surface area contributed by atoms with E-state index in [2.05, 4.69) is 45.8 Å². The fraction of sp³-hybridized carbons (Fsp3) is 0.271. The number of ketones is 1. The van der Waals surface area contributed by atoms with Gasteiger partial charge in [0.1, 0.15) is 40.7 Å². The van der Waals surface area contributed by atoms with E-state index < -0.39 is 6.04 Å². The minimum Gasteiger partial charge on any atom is -0.508 e. The Morgan fingerprint density at radius 2 is 1.60 bits per heavy atom. The van der Waals surface area contributed by atoms with E-state index in [4.69, 9.17) is 21.3 Å². The van der Waals surface area contributed by atoms with Gasteiger partial charge in [0, 0.05) is 60.2 Å². The van der Waals surface area contributed by atoms with Crippen LogP contribution in [0, 0.1) is 20.8 Å². The van der Waals surface area contributed by atoms with Crippen molar-refractivity contribution in [1.82, 2.24) is 25.0 Å². The highest BCUT2D eigenvalue weighted by atomic mass is 35.5. The van der Waals surface area contributed by atoms with Gasteiger partial charge in [-0.2, -0.15) is 0 Å². The molecule has 62 heavy (non-hydrogen) atoms. The van der Waals surface area contributed by atoms with Crippen LogP contribution in [-0.2, 0) is 4.79 Å². The lowest BCUT2D eigenvalue weighted by Crippen LogP contribution is -2.30. The van der Waals surface area contributed by atoms with E-state index in [1.54, 1.807) is 65.9 Å². The normalized spacial score (nSPS) is 13.5. The van der Waals surface area contributed by atoms with Crippen molar-refractivity contribution in [3.63, 3.8) is 0 Å². The van der Waals surface area contributed by atoms with Crippen LogP contribution in [0.25, 0.3) is 25.5 Å². The van der Waals surface area contributed by atoms with Gasteiger partial charge in [0.25, 0.3) is 0 Å². The number of phenols is 2. The van der Waals surface area contributed by atoms with Crippen molar-refractivity contribution in [3.05, 3.63) is 140 Å². The smallest absolute Gasteiger partial charge is 0.222 e. The summed E-state index contributed by atoms with van der Waals surface area (Å²) in [5.41, 5.74) is 5.83. The lowest BCUT2D eigenvalue weighted by atomic mass is 9.97. The average Bonchev–Trinajstić information content (AvgIpc) is 3.90. The number of halogens is 1. The van der Waals surface area contributed by atoms with Crippen LogP contribution in [-0.4, -0.2) is 80.1 Å². The predicted octanol–water partition coefficient (Wildman–Crippen LogP) is 10.0. The Morgan fingerprint density at radius 1 is 0.871 bits per heavy atom. The molecule has 7 aromatic rings. The molecule has 1 aliphatic rings. The molecule has 0 aliphatic carbocycles. The van der Waals surface area contributed by atoms with Gasteiger partial charge in [0.2, 0.25) is 5.91 Å². The number of amides is 1. The first-order valence-corrected chi connectivity index (χ1v) is 22.7. The predicted molar refractivity (Wildman–Crippen MR) is 248 cm³/mol. The number of likely N-dealkylation sites (N-methyl/N-ethyl adjacent to an activating group) is 1. The highest BCUT2D eigenvalue weighted by Crippen LogP contribution is 2.42. The fourth-order valence-corrected chi connectivity index (χ4v) is 10.3. The molecule has 8 rings (SSSR count). The third-order valence-electron chi connectivity index (χ3n) is 11.2. The summed E-state index contributed by atoms with van der Waals surface area (Å²) in [5.74, 6) is 2.15. The number of rotatable bonds is 16. The van der Waals surface area contributed by atoms with Crippen molar-refractivity contribution < 1.29 is 24.5 Å². The molecule has 0 saturated carbocycles. The fourth-order valence-electron chi connectivity index (χ4n) is 7.76. The molecule has 1 aliphatic heterocycles. The number of thiophene rings is 2. The highest BCUT2D eigenvalue weighted by molar-refractivity contribution is 7.22. The number of phenolic OH excluding ortho intramolecular Hbond substituents is 2. The maximum atomic E-state index is 14.0. The van der Waals surface area contributed by atoms with Gasteiger partial charge in [0.05, 0.1) is 12.1 Å². The van der Waals surface area contributed by atoms with E-state index in [0.717, 1.165) is 86.2 Å². The summed E-state index contributed by atoms with van der Waals surface area (Å²) in [6.07, 6.45) is 1.87. The Kier molecular flexibility index (Phi) is 12.9. The molecule has 4 aromatic carbocycles. The summed E-state index contributed by atoms with van der Waals surface area (Å²) in [6, 6.07) is 26.2. The summed E-state index contributed by atoms with van der Waals surface area (Å²) in [5, 5.41) is 34.4. The van der Waals surface area contributed by atoms with Crippen molar-refractivity contribution >= 4 is 61.8 Å². The highest BCUT2D eigenvalue weighted by Gasteiger charge is 2.32. The topological polar surface area (TPSA) is 142 Å². The van der Waals surface area contributed by atoms with Crippen molar-refractivity contribution in [2.24, 2.45) is 4.99 Å². The number of benzene rings is 4. The molecule has 4 heterocycles. The standard InChI is InChI=1S/C48H47ClN6O5S2/c1-5-54(24-25-60-37-19-12-32(13-20-37)45(59)43-38-21-18-36(57)26-40(38)62-46(43)33-10-16-35(56)17-11-33)23-7-6-22-50-41(58)27-39-47-53-52-30(4)55(47)48-42(28(2)29(3)61-48)44(51-39)31-8-14-34(49)15-9-31/h8-21,26,39,56-57H,5-7,22-25,27H2,1-4H3,(H,50,58)/t39-/m0/s1. The number of carbonyl (C=O) groups is 2. The maximum absolute atomic E-state index is 14.0. The zero-order valence-electron chi connectivity index (χ0n) is 34.9. The Hall–Kier alpha value is -5.86. The quantitative estimate of drug-likeness (QED) is 0.0643. The van der Waals surface area contributed by atoms with Gasteiger partial charge >= 0.3 is 0 Å². The third kappa shape index (κ3) is 9.03. The lowest BCUT2D eigenvalue weighted by molar-refractivity contribution is -0.121. The van der Waals surface area contributed by atoms with Crippen molar-refractivity contribution in [1.29, 1.82) is 0 Å². The van der Waals surface area contributed by atoms with Gasteiger partial charge in [-0.3, -0.25) is 19.1 Å². The molecule has 0 spiro atoms. The number of carbonyl (C=O) groups excluding carboxylic acids is 2. The van der Waals surface area contributed by atoms with Crippen LogP contribution in [0.15, 0.2) is 96.0 Å². The molecular formula is C48H47ClN6O5S2. The summed E-state index contributed by atoms with van der Waals surface area (Å²) in [7, 11) is 0. The third-order valence-corrected chi connectivity index (χ3v) is 13.9. The first-order chi connectivity index (χ1) is 30.0. The van der Waals surface area contributed by atoms with E-state index >= 15 is 0 Å². The Labute approximate surface area is 373 Å². The van der Waals surface area contributed by atoms with E-state index in [0.29, 0.717) is 40.9 Å². The van der Waals surface area contributed by atoms with Crippen LogP contribution >= 0.6 is 34.3 Å². The summed E-state index contributed by atoms with van der Waals surface area (Å²) >= 11 is 9.37. The van der Waals surface area contributed by atoms with E-state index in [9.17, 15) is 19.8 Å². The number of aryl methyl sites for hydroxylation is 2. The molecular weight excluding hydrogens is 840 g/mol. The number of hydrogen-bond donors (Lipinski definition) is 3. The second-order valence-corrected chi connectivity index (χ2v) is 18.0. The van der Waals surface area contributed by atoms with Crippen LogP contribution in [0.3, 0.4) is 0 Å². The molecule has 14 heteroatoms. The molecule has 1 atom stereocenters. The van der Waals surface area contributed by atoms with Gasteiger partial charge in [-0.15, -0.1) is 32.9 Å². The number of unbranched alkanes of at least 4 members (excludes halogenated alkanes) is 1. The maximum Gasteiger partial charge on any atom is 0.222 e. The summed E-state index contributed by atoms with van der Waals surface area (Å²) in [4.78, 5) is 36.9. The number of aromatic nitrogens is 3. The number of ether oxygens (including phenoxy) is 1. The van der Waals surface area contributed by atoms with Crippen LogP contribution in [0.2, 0.25) is 5.02 Å². The average molecular weight is 888 g/mol. The number of nitrogens with one attached hydrogen (secondary N) is 1. The first-order valence-electron chi connectivity index (χ1n) is 20.7. The van der Waals surface area contributed by atoms with Crippen LogP contribution in [0.4, 0.5) is 0 Å². The number of aromatic hydroxyl groups is 2. The molecule has 3 aromatic heterocycles. The van der Waals surface area contributed by atoms with Crippen molar-refractivity contribution in [2.45, 2.75) is 53.0 Å². The van der Waals surface area contributed by atoms with Gasteiger partial charge in [-0.1, -0.05) is 30.7 Å².